The Morgan fingerprint density at radius 2 is 2.24 bits per heavy atom. The lowest BCUT2D eigenvalue weighted by Crippen LogP contribution is -2.53. The van der Waals surface area contributed by atoms with E-state index in [4.69, 9.17) is 4.74 Å². The highest BCUT2D eigenvalue weighted by Gasteiger charge is 2.30. The van der Waals surface area contributed by atoms with Gasteiger partial charge in [0.1, 0.15) is 0 Å². The molecule has 0 aromatic heterocycles. The number of piperidine rings is 1. The van der Waals surface area contributed by atoms with E-state index in [1.807, 2.05) is 0 Å². The number of hydrogen-bond acceptors (Lipinski definition) is 3. The van der Waals surface area contributed by atoms with E-state index in [9.17, 15) is 0 Å². The molecule has 0 aromatic rings. The highest BCUT2D eigenvalue weighted by Crippen LogP contribution is 2.22. The molecule has 2 aliphatic rings. The maximum absolute atomic E-state index is 5.60. The van der Waals surface area contributed by atoms with E-state index in [0.717, 1.165) is 25.2 Å². The van der Waals surface area contributed by atoms with Gasteiger partial charge in [0, 0.05) is 31.8 Å². The van der Waals surface area contributed by atoms with Gasteiger partial charge in [-0.1, -0.05) is 13.8 Å². The highest BCUT2D eigenvalue weighted by atomic mass is 16.5. The minimum absolute atomic E-state index is 0.693. The quantitative estimate of drug-likeness (QED) is 0.812. The highest BCUT2D eigenvalue weighted by molar-refractivity contribution is 4.86. The SMILES string of the molecule is CCCNC1CCN(C2CCCOC2)CC1C. The topological polar surface area (TPSA) is 24.5 Å². The first kappa shape index (κ1) is 13.3. The summed E-state index contributed by atoms with van der Waals surface area (Å²) < 4.78 is 5.60. The van der Waals surface area contributed by atoms with E-state index >= 15 is 0 Å². The summed E-state index contributed by atoms with van der Waals surface area (Å²) in [5, 5.41) is 3.69. The van der Waals surface area contributed by atoms with Gasteiger partial charge in [-0.2, -0.15) is 0 Å². The van der Waals surface area contributed by atoms with Gasteiger partial charge in [-0.25, -0.2) is 0 Å². The van der Waals surface area contributed by atoms with Crippen molar-refractivity contribution in [3.05, 3.63) is 0 Å². The molecule has 2 heterocycles. The Kier molecular flexibility index (Phi) is 5.26. The molecule has 0 aromatic carbocycles. The van der Waals surface area contributed by atoms with Crippen LogP contribution in [0.4, 0.5) is 0 Å². The van der Waals surface area contributed by atoms with Crippen LogP contribution in [0.1, 0.15) is 39.5 Å². The normalized spacial score (nSPS) is 36.0. The van der Waals surface area contributed by atoms with Crippen molar-refractivity contribution in [2.75, 3.05) is 32.8 Å². The standard InChI is InChI=1S/C14H28N2O/c1-3-7-15-14-6-8-16(10-12(14)2)13-5-4-9-17-11-13/h12-15H,3-11H2,1-2H3. The third-order valence-electron chi connectivity index (χ3n) is 4.25. The molecule has 2 fully saturated rings. The second-order valence-corrected chi connectivity index (χ2v) is 5.69. The minimum atomic E-state index is 0.693. The number of hydrogen-bond donors (Lipinski definition) is 1. The molecular formula is C14H28N2O. The molecule has 3 unspecified atom stereocenters. The van der Waals surface area contributed by atoms with Crippen molar-refractivity contribution in [2.24, 2.45) is 5.92 Å². The van der Waals surface area contributed by atoms with Crippen LogP contribution in [-0.4, -0.2) is 49.8 Å². The number of rotatable bonds is 4. The van der Waals surface area contributed by atoms with E-state index in [1.54, 1.807) is 0 Å². The molecule has 100 valence electrons. The molecule has 0 bridgehead atoms. The van der Waals surface area contributed by atoms with Gasteiger partial charge >= 0.3 is 0 Å². The number of nitrogens with zero attached hydrogens (tertiary/aromatic N) is 1. The van der Waals surface area contributed by atoms with Crippen LogP contribution in [0.3, 0.4) is 0 Å². The molecule has 2 aliphatic heterocycles. The van der Waals surface area contributed by atoms with Gasteiger partial charge in [0.05, 0.1) is 6.61 Å². The van der Waals surface area contributed by atoms with E-state index in [-0.39, 0.29) is 0 Å². The van der Waals surface area contributed by atoms with Crippen molar-refractivity contribution in [3.63, 3.8) is 0 Å². The molecule has 0 aliphatic carbocycles. The second kappa shape index (κ2) is 6.72. The summed E-state index contributed by atoms with van der Waals surface area (Å²) in [6.07, 6.45) is 5.12. The lowest BCUT2D eigenvalue weighted by molar-refractivity contribution is -0.00222. The first-order valence-corrected chi connectivity index (χ1v) is 7.36. The molecule has 2 saturated heterocycles. The van der Waals surface area contributed by atoms with Crippen molar-refractivity contribution in [3.8, 4) is 0 Å². The molecule has 3 heteroatoms. The largest absolute Gasteiger partial charge is 0.380 e. The Morgan fingerprint density at radius 1 is 1.35 bits per heavy atom. The zero-order valence-electron chi connectivity index (χ0n) is 11.5. The average Bonchev–Trinajstić information content (AvgIpc) is 2.38. The fourth-order valence-electron chi connectivity index (χ4n) is 3.15. The van der Waals surface area contributed by atoms with Crippen molar-refractivity contribution in [2.45, 2.75) is 51.6 Å². The summed E-state index contributed by atoms with van der Waals surface area (Å²) in [5.74, 6) is 0.775. The molecule has 1 N–H and O–H groups in total. The molecule has 2 rings (SSSR count). The van der Waals surface area contributed by atoms with Crippen LogP contribution < -0.4 is 5.32 Å². The van der Waals surface area contributed by atoms with Crippen LogP contribution >= 0.6 is 0 Å². The smallest absolute Gasteiger partial charge is 0.0621 e. The predicted molar refractivity (Wildman–Crippen MR) is 71.3 cm³/mol. The summed E-state index contributed by atoms with van der Waals surface area (Å²) in [7, 11) is 0. The first-order chi connectivity index (χ1) is 8.31. The monoisotopic (exact) mass is 240 g/mol. The van der Waals surface area contributed by atoms with Gasteiger partial charge in [0.15, 0.2) is 0 Å². The summed E-state index contributed by atoms with van der Waals surface area (Å²) >= 11 is 0. The van der Waals surface area contributed by atoms with Crippen LogP contribution in [0.15, 0.2) is 0 Å². The Hall–Kier alpha value is -0.120. The third-order valence-corrected chi connectivity index (χ3v) is 4.25. The van der Waals surface area contributed by atoms with E-state index in [0.29, 0.717) is 6.04 Å². The Labute approximate surface area is 106 Å². The average molecular weight is 240 g/mol. The summed E-state index contributed by atoms with van der Waals surface area (Å²) in [6.45, 7) is 10.2. The first-order valence-electron chi connectivity index (χ1n) is 7.36. The molecule has 0 spiro atoms. The van der Waals surface area contributed by atoms with Crippen molar-refractivity contribution in [1.82, 2.24) is 10.2 Å². The molecule has 0 saturated carbocycles. The Morgan fingerprint density at radius 3 is 2.88 bits per heavy atom. The minimum Gasteiger partial charge on any atom is -0.380 e. The number of likely N-dealkylation sites (tertiary alicyclic amines) is 1. The van der Waals surface area contributed by atoms with Gasteiger partial charge < -0.3 is 10.1 Å². The van der Waals surface area contributed by atoms with Crippen LogP contribution in [0, 0.1) is 5.92 Å². The fourth-order valence-corrected chi connectivity index (χ4v) is 3.15. The molecule has 0 radical (unpaired) electrons. The maximum atomic E-state index is 5.60. The van der Waals surface area contributed by atoms with Crippen LogP contribution in [0.25, 0.3) is 0 Å². The summed E-state index contributed by atoms with van der Waals surface area (Å²) in [6, 6.07) is 1.43. The number of ether oxygens (including phenoxy) is 1. The summed E-state index contributed by atoms with van der Waals surface area (Å²) in [5.41, 5.74) is 0. The van der Waals surface area contributed by atoms with Gasteiger partial charge in [-0.05, 0) is 38.1 Å². The van der Waals surface area contributed by atoms with Crippen molar-refractivity contribution < 1.29 is 4.74 Å². The Bertz CT molecular complexity index is 216. The number of nitrogens with one attached hydrogen (secondary N) is 1. The van der Waals surface area contributed by atoms with Gasteiger partial charge in [0.2, 0.25) is 0 Å². The lowest BCUT2D eigenvalue weighted by Gasteiger charge is -2.42. The van der Waals surface area contributed by atoms with E-state index < -0.39 is 0 Å². The fraction of sp³-hybridized carbons (Fsp3) is 1.00. The van der Waals surface area contributed by atoms with Gasteiger partial charge in [0.25, 0.3) is 0 Å². The third kappa shape index (κ3) is 3.67. The maximum Gasteiger partial charge on any atom is 0.0621 e. The molecule has 3 nitrogen and oxygen atoms in total. The molecular weight excluding hydrogens is 212 g/mol. The second-order valence-electron chi connectivity index (χ2n) is 5.69. The van der Waals surface area contributed by atoms with E-state index in [2.05, 4.69) is 24.1 Å². The predicted octanol–water partition coefficient (Wildman–Crippen LogP) is 1.88. The lowest BCUT2D eigenvalue weighted by atomic mass is 9.92. The van der Waals surface area contributed by atoms with Crippen molar-refractivity contribution >= 4 is 0 Å². The van der Waals surface area contributed by atoms with Crippen molar-refractivity contribution in [1.29, 1.82) is 0 Å². The van der Waals surface area contributed by atoms with Crippen LogP contribution in [0.5, 0.6) is 0 Å². The Balaban J connectivity index is 1.77. The molecule has 3 atom stereocenters. The zero-order valence-corrected chi connectivity index (χ0v) is 11.5. The zero-order chi connectivity index (χ0) is 12.1. The summed E-state index contributed by atoms with van der Waals surface area (Å²) in [4.78, 5) is 2.66. The van der Waals surface area contributed by atoms with Gasteiger partial charge in [-0.15, -0.1) is 0 Å². The molecule has 17 heavy (non-hydrogen) atoms. The van der Waals surface area contributed by atoms with Crippen LogP contribution in [0.2, 0.25) is 0 Å². The van der Waals surface area contributed by atoms with E-state index in [1.165, 1.54) is 45.3 Å². The van der Waals surface area contributed by atoms with Crippen LogP contribution in [-0.2, 0) is 4.74 Å². The molecule has 0 amide bonds. The van der Waals surface area contributed by atoms with Gasteiger partial charge in [-0.3, -0.25) is 4.90 Å².